The van der Waals surface area contributed by atoms with Crippen LogP contribution in [0.2, 0.25) is 5.02 Å². The Bertz CT molecular complexity index is 6020. The van der Waals surface area contributed by atoms with E-state index in [1.807, 2.05) is 64.2 Å². The molecule has 1 unspecified atom stereocenters. The molecule has 2 aromatic carbocycles. The van der Waals surface area contributed by atoms with Gasteiger partial charge in [0.25, 0.3) is 11.8 Å². The summed E-state index contributed by atoms with van der Waals surface area (Å²) >= 11 is 9.73. The molecule has 6 atom stereocenters. The third-order valence-electron chi connectivity index (χ3n) is 23.5. The fourth-order valence-electron chi connectivity index (χ4n) is 16.6. The van der Waals surface area contributed by atoms with Gasteiger partial charge in [0, 0.05) is 167 Å². The number of H-pyrrole nitrogens is 1. The number of allylic oxidation sites excluding steroid dienone is 1. The number of carbonyl (C=O) groups is 12. The van der Waals surface area contributed by atoms with Crippen LogP contribution < -0.4 is 19.7 Å². The maximum atomic E-state index is 14.8. The molecule has 6 aromatic heterocycles. The van der Waals surface area contributed by atoms with E-state index in [4.69, 9.17) is 58.5 Å². The molecule has 8 aromatic rings. The number of benzene rings is 2. The molecule has 2 bridgehead atoms. The summed E-state index contributed by atoms with van der Waals surface area (Å²) in [5.74, 6) is -3.17. The Morgan fingerprint density at radius 2 is 1.23 bits per heavy atom. The number of hydrogen-bond acceptors (Lipinski definition) is 25. The van der Waals surface area contributed by atoms with Crippen molar-refractivity contribution in [2.75, 3.05) is 105 Å². The SMILES string of the molecule is COC(=O)N1CCn2cc(C(=O)NS3(=O)=NC(=O)c4ccc5c(c4)N(C[C@@H]4CC[C@H]4[C@@H](OC)/C=C/C[C@H](C)C3)C[C@@]3(CCCc4cc(Cl)ccc43)CO5)cc2C1.COC(=O)N1CCn2cc(C(=O)O)cc2C1.COC(=O)c1c[nH]c(C=O)c1.COC(=O)c1cc(C=O)n(CCBr)c1.COC(=O)c1cc2n(c1)CCN(C(=O)OC(C)(C)C)C2.O=C(O)c1cc2n(c1)CCNC2.O=S(=O)(O)C(F)(F)F. The lowest BCUT2D eigenvalue weighted by molar-refractivity contribution is -0.0510. The van der Waals surface area contributed by atoms with E-state index in [0.29, 0.717) is 136 Å². The molecule has 12 heterocycles. The highest BCUT2D eigenvalue weighted by Crippen LogP contribution is 2.48. The monoisotopic (exact) mass is 2040 g/mol. The Morgan fingerprint density at radius 3 is 1.75 bits per heavy atom. The number of ether oxygens (including phenoxy) is 8. The van der Waals surface area contributed by atoms with Crippen molar-refractivity contribution in [1.29, 1.82) is 0 Å². The number of hydrogen-bond donors (Lipinski definition) is 6. The van der Waals surface area contributed by atoms with E-state index in [-0.39, 0.29) is 64.6 Å². The van der Waals surface area contributed by atoms with E-state index < -0.39 is 72.9 Å². The molecule has 6 N–H and O–H groups in total. The number of aldehydes is 2. The number of aryl methyl sites for hydroxylation is 2. The molecular weight excluding hydrogens is 1930 g/mol. The van der Waals surface area contributed by atoms with Crippen LogP contribution in [0.3, 0.4) is 0 Å². The minimum atomic E-state index is -5.84. The third kappa shape index (κ3) is 27.9. The van der Waals surface area contributed by atoms with E-state index in [1.165, 1.54) is 65.0 Å². The molecule has 137 heavy (non-hydrogen) atoms. The molecule has 6 aliphatic heterocycles. The number of anilines is 1. The molecule has 0 radical (unpaired) electrons. The number of carboxylic acids is 2. The van der Waals surface area contributed by atoms with Crippen molar-refractivity contribution >= 4 is 126 Å². The second-order valence-electron chi connectivity index (χ2n) is 34.0. The highest BCUT2D eigenvalue weighted by atomic mass is 79.9. The van der Waals surface area contributed by atoms with Gasteiger partial charge in [0.2, 0.25) is 0 Å². The van der Waals surface area contributed by atoms with Crippen molar-refractivity contribution in [1.82, 2.24) is 52.6 Å². The Hall–Kier alpha value is -12.6. The van der Waals surface area contributed by atoms with E-state index >= 15 is 0 Å². The second kappa shape index (κ2) is 47.0. The average Bonchev–Trinajstić information content (AvgIpc) is 1.65. The number of aromatic amines is 1. The number of amides is 5. The number of fused-ring (bicyclic) bond motifs is 8. The zero-order valence-corrected chi connectivity index (χ0v) is 80.9. The molecule has 1 saturated carbocycles. The van der Waals surface area contributed by atoms with Crippen LogP contribution in [0.5, 0.6) is 5.75 Å². The minimum absolute atomic E-state index is 0.0334. The van der Waals surface area contributed by atoms with Crippen LogP contribution >= 0.6 is 27.5 Å². The maximum absolute atomic E-state index is 14.8. The third-order valence-corrected chi connectivity index (χ3v) is 26.6. The van der Waals surface area contributed by atoms with Crippen LogP contribution in [0.1, 0.15) is 187 Å². The lowest BCUT2D eigenvalue weighted by atomic mass is 9.68. The number of alkyl halides is 4. The van der Waals surface area contributed by atoms with E-state index in [1.54, 1.807) is 87.7 Å². The molecule has 5 amide bonds. The molecule has 39 nitrogen and oxygen atoms in total. The molecule has 2 aliphatic carbocycles. The van der Waals surface area contributed by atoms with Gasteiger partial charge in [0.05, 0.1) is 124 Å². The molecule has 742 valence electrons. The number of nitrogens with zero attached hydrogens (tertiary/aromatic N) is 10. The van der Waals surface area contributed by atoms with Gasteiger partial charge in [-0.05, 0) is 155 Å². The first kappa shape index (κ1) is 106. The Labute approximate surface area is 801 Å². The average molecular weight is 2040 g/mol. The predicted octanol–water partition coefficient (Wildman–Crippen LogP) is 12.4. The van der Waals surface area contributed by atoms with Gasteiger partial charge in [-0.1, -0.05) is 52.7 Å². The first-order valence-electron chi connectivity index (χ1n) is 43.2. The van der Waals surface area contributed by atoms with Crippen molar-refractivity contribution in [3.05, 3.63) is 211 Å². The van der Waals surface area contributed by atoms with Crippen LogP contribution in [0, 0.1) is 17.8 Å². The molecule has 8 aliphatic rings. The van der Waals surface area contributed by atoms with Gasteiger partial charge in [-0.15, -0.1) is 4.36 Å². The Balaban J connectivity index is 0.000000193. The number of carbonyl (C=O) groups excluding carboxylic acids is 10. The topological polar surface area (TPSA) is 480 Å². The lowest BCUT2D eigenvalue weighted by Gasteiger charge is -2.46. The van der Waals surface area contributed by atoms with Gasteiger partial charge in [-0.25, -0.2) is 42.6 Å². The molecule has 1 spiro atoms. The fraction of sp³-hybridized carbons (Fsp3) is 0.451. The van der Waals surface area contributed by atoms with Gasteiger partial charge >= 0.3 is 63.8 Å². The lowest BCUT2D eigenvalue weighted by Crippen LogP contribution is -2.49. The first-order chi connectivity index (χ1) is 64.9. The predicted molar refractivity (Wildman–Crippen MR) is 494 cm³/mol. The summed E-state index contributed by atoms with van der Waals surface area (Å²) < 4.78 is 130. The van der Waals surface area contributed by atoms with Crippen LogP contribution in [-0.4, -0.2) is 259 Å². The summed E-state index contributed by atoms with van der Waals surface area (Å²) in [6.07, 6.45) is 19.7. The van der Waals surface area contributed by atoms with Gasteiger partial charge in [0.1, 0.15) is 21.3 Å². The summed E-state index contributed by atoms with van der Waals surface area (Å²) in [4.78, 5) is 149. The van der Waals surface area contributed by atoms with Crippen molar-refractivity contribution in [2.24, 2.45) is 22.1 Å². The Kier molecular flexibility index (Phi) is 36.5. The fourth-order valence-corrected chi connectivity index (χ4v) is 19.1. The van der Waals surface area contributed by atoms with Crippen molar-refractivity contribution < 1.29 is 136 Å². The standard InChI is InChI=1S/C42H50ClN5O7S.C14H20N2O4.C10H12N2O4.C9H10BrNO3.C8H10N2O2.C7H7NO3.CHF3O3S/c1-27-6-4-8-37(53-2)34-12-9-30(34)21-48-25-42(15-5-7-28-18-32(43)11-13-35(28)42)26-55-38-14-10-29(20-36(38)48)39(49)44-56(52,24-27)45-40(50)31-19-33-23-47(41(51)54-3)17-16-46(33)22-31;1-14(2,3)20-13(18)16-6-5-15-8-10(12(17)19-4)7-11(15)9-16;1-16-10(15)12-3-2-11-5-7(9(13)14)4-8(11)6-12;1-14-9(13)7-4-8(6-12)11(5-7)3-2-10;11-8(12)6-3-7-4-9-1-2-10(7)5-6;1-11-7(10)5-2-6(4-9)8-3-5;2-1(3,4)8(5,6)7/h4,8,10-11,13-14,18-20,22,27,30,34,37H,5-7,9,12,15-17,21,23-26H2,1-3H3,(H,44,45,49,50,52);7-8H,5-6,9H2,1-4H3;4-5H,2-3,6H2,1H3,(H,13,14);4-6H,2-3H2,1H3;3,5,9H,1-2,4H2,(H,11,12);2-4,8H,1H3;(H,5,6,7)/b8-4+;;;;;;/t27-,30-,34+,37-,42-,56?;;;;;;/m0....../s1. The molecule has 16 rings (SSSR count). The second-order valence-corrected chi connectivity index (χ2v) is 38.7. The summed E-state index contributed by atoms with van der Waals surface area (Å²) in [6, 6.07) is 21.2. The Morgan fingerprint density at radius 1 is 0.686 bits per heavy atom. The summed E-state index contributed by atoms with van der Waals surface area (Å²) in [7, 11) is -1.08. The van der Waals surface area contributed by atoms with Gasteiger partial charge in [0.15, 0.2) is 12.6 Å². The minimum Gasteiger partial charge on any atom is -0.490 e. The summed E-state index contributed by atoms with van der Waals surface area (Å²) in [5, 5.41) is 22.2. The van der Waals surface area contributed by atoms with Gasteiger partial charge < -0.3 is 101 Å². The number of methoxy groups -OCH3 is 6. The number of aromatic nitrogens is 6. The summed E-state index contributed by atoms with van der Waals surface area (Å²) in [5.41, 5.74) is 3.79. The van der Waals surface area contributed by atoms with Crippen LogP contribution in [-0.2, 0) is 124 Å². The highest BCUT2D eigenvalue weighted by molar-refractivity contribution is 9.09. The number of carboxylic acid groups (broad SMARTS) is 2. The molecule has 1 fully saturated rings. The molecule has 0 saturated heterocycles. The normalized spacial score (nSPS) is 19.8. The quantitative estimate of drug-likeness (QED) is 0.0126. The zero-order chi connectivity index (χ0) is 100. The number of esters is 3. The summed E-state index contributed by atoms with van der Waals surface area (Å²) in [6.45, 7) is 16.9. The number of nitrogens with one attached hydrogen (secondary N) is 3. The number of halogens is 5. The smallest absolute Gasteiger partial charge is 0.490 e. The van der Waals surface area contributed by atoms with Crippen LogP contribution in [0.25, 0.3) is 0 Å². The molecule has 46 heteroatoms. The highest BCUT2D eigenvalue weighted by Gasteiger charge is 2.46. The van der Waals surface area contributed by atoms with E-state index in [9.17, 15) is 74.9 Å². The number of rotatable bonds is 12. The van der Waals surface area contributed by atoms with Crippen molar-refractivity contribution in [3.8, 4) is 5.75 Å². The van der Waals surface area contributed by atoms with E-state index in [0.717, 1.165) is 103 Å². The van der Waals surface area contributed by atoms with Gasteiger partial charge in [-0.3, -0.25) is 28.5 Å². The van der Waals surface area contributed by atoms with Gasteiger partial charge in [-0.2, -0.15) is 21.6 Å². The largest absolute Gasteiger partial charge is 0.522 e. The molecular formula is C91H110BrClF3N13O26S2. The van der Waals surface area contributed by atoms with Crippen molar-refractivity contribution in [2.45, 2.75) is 148 Å². The maximum Gasteiger partial charge on any atom is 0.522 e. The van der Waals surface area contributed by atoms with Crippen LogP contribution in [0.15, 0.2) is 126 Å². The number of aromatic carboxylic acids is 2. The van der Waals surface area contributed by atoms with Crippen molar-refractivity contribution in [3.63, 3.8) is 0 Å². The van der Waals surface area contributed by atoms with Crippen LogP contribution in [0.4, 0.5) is 33.2 Å². The first-order valence-corrected chi connectivity index (χ1v) is 47.8. The zero-order valence-electron chi connectivity index (χ0n) is 76.9. The van der Waals surface area contributed by atoms with E-state index in [2.05, 4.69) is 78.7 Å².